The van der Waals surface area contributed by atoms with Gasteiger partial charge in [0.1, 0.15) is 0 Å². The lowest BCUT2D eigenvalue weighted by atomic mass is 9.74. The van der Waals surface area contributed by atoms with Crippen LogP contribution in [0.5, 0.6) is 0 Å². The Kier molecular flexibility index (Phi) is 4.06. The maximum absolute atomic E-state index is 12.1. The first-order chi connectivity index (χ1) is 8.61. The van der Waals surface area contributed by atoms with E-state index in [9.17, 15) is 9.59 Å². The Hall–Kier alpha value is -1.30. The highest BCUT2D eigenvalue weighted by molar-refractivity contribution is 5.77. The standard InChI is InChI=1S/C12H21N3O3/c16-10(17)9-12(3-1-4-12)14-11(18)15-7-2-5-13-6-8-15/h13H,1-9H2,(H,14,18)(H,16,17). The van der Waals surface area contributed by atoms with Gasteiger partial charge in [0.05, 0.1) is 12.0 Å². The molecule has 1 heterocycles. The van der Waals surface area contributed by atoms with E-state index < -0.39 is 11.5 Å². The molecule has 2 fully saturated rings. The summed E-state index contributed by atoms with van der Waals surface area (Å²) >= 11 is 0. The first-order valence-electron chi connectivity index (χ1n) is 6.61. The van der Waals surface area contributed by atoms with E-state index in [0.717, 1.165) is 45.3 Å². The van der Waals surface area contributed by atoms with Gasteiger partial charge < -0.3 is 20.6 Å². The fraction of sp³-hybridized carbons (Fsp3) is 0.833. The van der Waals surface area contributed by atoms with Gasteiger partial charge in [0.15, 0.2) is 0 Å². The van der Waals surface area contributed by atoms with Crippen molar-refractivity contribution in [1.29, 1.82) is 0 Å². The molecule has 0 aromatic carbocycles. The van der Waals surface area contributed by atoms with Crippen LogP contribution in [0.3, 0.4) is 0 Å². The van der Waals surface area contributed by atoms with Crippen LogP contribution in [-0.2, 0) is 4.79 Å². The van der Waals surface area contributed by atoms with Crippen molar-refractivity contribution in [1.82, 2.24) is 15.5 Å². The van der Waals surface area contributed by atoms with Gasteiger partial charge in [0.2, 0.25) is 0 Å². The monoisotopic (exact) mass is 255 g/mol. The summed E-state index contributed by atoms with van der Waals surface area (Å²) in [4.78, 5) is 24.8. The van der Waals surface area contributed by atoms with Crippen LogP contribution in [0.4, 0.5) is 4.79 Å². The molecule has 2 aliphatic rings. The number of aliphatic carboxylic acids is 1. The number of nitrogens with zero attached hydrogens (tertiary/aromatic N) is 1. The smallest absolute Gasteiger partial charge is 0.317 e. The molecule has 2 amide bonds. The van der Waals surface area contributed by atoms with Crippen LogP contribution < -0.4 is 10.6 Å². The maximum atomic E-state index is 12.1. The summed E-state index contributed by atoms with van der Waals surface area (Å²) < 4.78 is 0. The van der Waals surface area contributed by atoms with Crippen LogP contribution in [0.1, 0.15) is 32.1 Å². The van der Waals surface area contributed by atoms with Gasteiger partial charge in [0, 0.05) is 19.6 Å². The second-order valence-corrected chi connectivity index (χ2v) is 5.23. The Labute approximate surface area is 107 Å². The molecule has 0 atom stereocenters. The maximum Gasteiger partial charge on any atom is 0.317 e. The zero-order chi connectivity index (χ0) is 13.0. The van der Waals surface area contributed by atoms with E-state index in [1.165, 1.54) is 0 Å². The van der Waals surface area contributed by atoms with Gasteiger partial charge in [-0.2, -0.15) is 0 Å². The second-order valence-electron chi connectivity index (χ2n) is 5.23. The molecule has 0 aromatic heterocycles. The Balaban J connectivity index is 1.90. The van der Waals surface area contributed by atoms with Crippen LogP contribution in [0.15, 0.2) is 0 Å². The van der Waals surface area contributed by atoms with Gasteiger partial charge in [-0.15, -0.1) is 0 Å². The first kappa shape index (κ1) is 13.1. The number of hydrogen-bond acceptors (Lipinski definition) is 3. The van der Waals surface area contributed by atoms with Crippen LogP contribution in [0.25, 0.3) is 0 Å². The molecule has 0 bridgehead atoms. The van der Waals surface area contributed by atoms with Crippen molar-refractivity contribution < 1.29 is 14.7 Å². The zero-order valence-electron chi connectivity index (χ0n) is 10.6. The van der Waals surface area contributed by atoms with Crippen LogP contribution in [0, 0.1) is 0 Å². The molecule has 0 aromatic rings. The number of urea groups is 1. The summed E-state index contributed by atoms with van der Waals surface area (Å²) in [5.41, 5.74) is -0.497. The number of carbonyl (C=O) groups is 2. The number of carboxylic acids is 1. The molecule has 102 valence electrons. The number of nitrogens with one attached hydrogen (secondary N) is 2. The minimum Gasteiger partial charge on any atom is -0.481 e. The molecule has 1 aliphatic heterocycles. The SMILES string of the molecule is O=C(O)CC1(NC(=O)N2CCCNCC2)CCC1. The molecule has 0 radical (unpaired) electrons. The first-order valence-corrected chi connectivity index (χ1v) is 6.61. The molecule has 6 heteroatoms. The Bertz CT molecular complexity index is 321. The lowest BCUT2D eigenvalue weighted by molar-refractivity contribution is -0.139. The van der Waals surface area contributed by atoms with Gasteiger partial charge >= 0.3 is 12.0 Å². The molecular formula is C12H21N3O3. The fourth-order valence-corrected chi connectivity index (χ4v) is 2.59. The fourth-order valence-electron chi connectivity index (χ4n) is 2.59. The van der Waals surface area contributed by atoms with Crippen molar-refractivity contribution in [2.24, 2.45) is 0 Å². The van der Waals surface area contributed by atoms with E-state index in [-0.39, 0.29) is 12.5 Å². The largest absolute Gasteiger partial charge is 0.481 e. The summed E-state index contributed by atoms with van der Waals surface area (Å²) in [7, 11) is 0. The number of rotatable bonds is 3. The molecule has 1 saturated heterocycles. The summed E-state index contributed by atoms with van der Waals surface area (Å²) in [5.74, 6) is -0.840. The average molecular weight is 255 g/mol. The van der Waals surface area contributed by atoms with Crippen molar-refractivity contribution in [3.8, 4) is 0 Å². The molecule has 0 spiro atoms. The molecule has 1 aliphatic carbocycles. The molecule has 1 saturated carbocycles. The van der Waals surface area contributed by atoms with E-state index in [1.807, 2.05) is 0 Å². The number of amides is 2. The van der Waals surface area contributed by atoms with Crippen molar-refractivity contribution in [3.05, 3.63) is 0 Å². The summed E-state index contributed by atoms with van der Waals surface area (Å²) in [6, 6.07) is -0.111. The predicted molar refractivity (Wildman–Crippen MR) is 66.4 cm³/mol. The number of carbonyl (C=O) groups excluding carboxylic acids is 1. The van der Waals surface area contributed by atoms with E-state index in [4.69, 9.17) is 5.11 Å². The van der Waals surface area contributed by atoms with Crippen molar-refractivity contribution in [2.45, 2.75) is 37.6 Å². The molecule has 18 heavy (non-hydrogen) atoms. The highest BCUT2D eigenvalue weighted by Gasteiger charge is 2.41. The summed E-state index contributed by atoms with van der Waals surface area (Å²) in [6.45, 7) is 3.17. The zero-order valence-corrected chi connectivity index (χ0v) is 10.6. The lowest BCUT2D eigenvalue weighted by Crippen LogP contribution is -2.58. The third-order valence-electron chi connectivity index (χ3n) is 3.80. The normalized spacial score (nSPS) is 22.8. The van der Waals surface area contributed by atoms with Crippen molar-refractivity contribution in [3.63, 3.8) is 0 Å². The van der Waals surface area contributed by atoms with E-state index >= 15 is 0 Å². The lowest BCUT2D eigenvalue weighted by Gasteiger charge is -2.42. The average Bonchev–Trinajstić information content (AvgIpc) is 2.53. The topological polar surface area (TPSA) is 81.7 Å². The Morgan fingerprint density at radius 1 is 1.22 bits per heavy atom. The molecular weight excluding hydrogens is 234 g/mol. The third kappa shape index (κ3) is 3.13. The summed E-state index contributed by atoms with van der Waals surface area (Å²) in [5, 5.41) is 15.1. The van der Waals surface area contributed by atoms with Gasteiger partial charge in [0.25, 0.3) is 0 Å². The molecule has 6 nitrogen and oxygen atoms in total. The predicted octanol–water partition coefficient (Wildman–Crippen LogP) is 0.389. The second kappa shape index (κ2) is 5.56. The van der Waals surface area contributed by atoms with Crippen LogP contribution in [-0.4, -0.2) is 53.7 Å². The minimum absolute atomic E-state index is 0.0326. The van der Waals surface area contributed by atoms with E-state index in [2.05, 4.69) is 10.6 Å². The van der Waals surface area contributed by atoms with Gasteiger partial charge in [-0.3, -0.25) is 4.79 Å². The summed E-state index contributed by atoms with van der Waals surface area (Å²) in [6.07, 6.45) is 3.52. The number of hydrogen-bond donors (Lipinski definition) is 3. The van der Waals surface area contributed by atoms with Gasteiger partial charge in [-0.1, -0.05) is 0 Å². The van der Waals surface area contributed by atoms with Crippen molar-refractivity contribution in [2.75, 3.05) is 26.2 Å². The van der Waals surface area contributed by atoms with E-state index in [0.29, 0.717) is 6.54 Å². The highest BCUT2D eigenvalue weighted by atomic mass is 16.4. The van der Waals surface area contributed by atoms with Crippen molar-refractivity contribution >= 4 is 12.0 Å². The molecule has 3 N–H and O–H groups in total. The minimum atomic E-state index is -0.840. The van der Waals surface area contributed by atoms with Gasteiger partial charge in [-0.05, 0) is 32.2 Å². The molecule has 2 rings (SSSR count). The Morgan fingerprint density at radius 2 is 2.00 bits per heavy atom. The quantitative estimate of drug-likeness (QED) is 0.681. The highest BCUT2D eigenvalue weighted by Crippen LogP contribution is 2.35. The Morgan fingerprint density at radius 3 is 2.61 bits per heavy atom. The van der Waals surface area contributed by atoms with Gasteiger partial charge in [-0.25, -0.2) is 4.79 Å². The number of carboxylic acid groups (broad SMARTS) is 1. The van der Waals surface area contributed by atoms with Crippen LogP contribution >= 0.6 is 0 Å². The van der Waals surface area contributed by atoms with E-state index in [1.54, 1.807) is 4.90 Å². The molecule has 0 unspecified atom stereocenters. The van der Waals surface area contributed by atoms with Crippen LogP contribution in [0.2, 0.25) is 0 Å². The third-order valence-corrected chi connectivity index (χ3v) is 3.80.